The third kappa shape index (κ3) is 4.82. The van der Waals surface area contributed by atoms with Gasteiger partial charge in [-0.05, 0) is 25.1 Å². The zero-order chi connectivity index (χ0) is 21.7. The lowest BCUT2D eigenvalue weighted by atomic mass is 10.3. The molecule has 0 bridgehead atoms. The number of halogens is 2. The molecule has 10 heteroatoms. The Morgan fingerprint density at radius 1 is 1.17 bits per heavy atom. The molecule has 3 aromatic rings. The number of methoxy groups -OCH3 is 1. The van der Waals surface area contributed by atoms with E-state index in [1.807, 2.05) is 0 Å². The quantitative estimate of drug-likeness (QED) is 0.532. The van der Waals surface area contributed by atoms with E-state index >= 15 is 0 Å². The fourth-order valence-electron chi connectivity index (χ4n) is 2.71. The predicted molar refractivity (Wildman–Crippen MR) is 105 cm³/mol. The van der Waals surface area contributed by atoms with Crippen LogP contribution >= 0.6 is 11.3 Å². The molecule has 0 aliphatic rings. The van der Waals surface area contributed by atoms with Crippen molar-refractivity contribution < 1.29 is 32.6 Å². The highest BCUT2D eigenvalue weighted by Crippen LogP contribution is 2.26. The summed E-state index contributed by atoms with van der Waals surface area (Å²) in [5.41, 5.74) is -0.0355. The van der Waals surface area contributed by atoms with E-state index in [-0.39, 0.29) is 28.2 Å². The average molecular weight is 436 g/mol. The highest BCUT2D eigenvalue weighted by atomic mass is 32.1. The van der Waals surface area contributed by atoms with Crippen LogP contribution in [0.15, 0.2) is 41.4 Å². The second-order valence-electron chi connectivity index (χ2n) is 5.96. The number of carbonyl (C=O) groups is 2. The van der Waals surface area contributed by atoms with E-state index < -0.39 is 30.1 Å². The molecule has 0 aliphatic carbocycles. The first-order valence-corrected chi connectivity index (χ1v) is 9.72. The minimum Gasteiger partial charge on any atom is -0.493 e. The number of rotatable bonds is 7. The van der Waals surface area contributed by atoms with Gasteiger partial charge in [0.05, 0.1) is 23.9 Å². The number of ether oxygens (including phenoxy) is 3. The van der Waals surface area contributed by atoms with E-state index in [0.29, 0.717) is 17.6 Å². The Bertz CT molecular complexity index is 1160. The number of carbonyl (C=O) groups excluding carboxylic acids is 2. The molecular weight excluding hydrogens is 418 g/mol. The molecule has 0 saturated heterocycles. The molecule has 0 N–H and O–H groups in total. The molecule has 1 amide bonds. The number of hydrogen-bond donors (Lipinski definition) is 0. The maximum Gasteiger partial charge on any atom is 0.326 e. The van der Waals surface area contributed by atoms with E-state index in [9.17, 15) is 18.4 Å². The molecule has 0 atom stereocenters. The Morgan fingerprint density at radius 3 is 2.60 bits per heavy atom. The van der Waals surface area contributed by atoms with Gasteiger partial charge in [-0.3, -0.25) is 9.59 Å². The largest absolute Gasteiger partial charge is 0.493 e. The van der Waals surface area contributed by atoms with E-state index in [1.54, 1.807) is 31.2 Å². The Hall–Kier alpha value is -3.27. The van der Waals surface area contributed by atoms with Crippen LogP contribution in [0, 0.1) is 11.6 Å². The first kappa shape index (κ1) is 21.4. The maximum absolute atomic E-state index is 14.4. The number of hydrogen-bond acceptors (Lipinski definition) is 6. The number of esters is 1. The van der Waals surface area contributed by atoms with Crippen molar-refractivity contribution in [2.75, 3.05) is 20.3 Å². The molecule has 0 radical (unpaired) electrons. The second kappa shape index (κ2) is 9.49. The molecular formula is C20H18F2N2O5S. The molecule has 2 aromatic carbocycles. The molecule has 158 valence electrons. The molecule has 0 unspecified atom stereocenters. The summed E-state index contributed by atoms with van der Waals surface area (Å²) in [4.78, 5) is 28.3. The minimum atomic E-state index is -0.871. The molecule has 7 nitrogen and oxygen atoms in total. The van der Waals surface area contributed by atoms with Crippen molar-refractivity contribution in [1.82, 2.24) is 4.57 Å². The smallest absolute Gasteiger partial charge is 0.326 e. The van der Waals surface area contributed by atoms with Crippen molar-refractivity contribution in [3.8, 4) is 11.5 Å². The van der Waals surface area contributed by atoms with Gasteiger partial charge in [-0.1, -0.05) is 23.5 Å². The minimum absolute atomic E-state index is 0.0242. The number of amides is 1. The number of nitrogens with zero attached hydrogens (tertiary/aromatic N) is 2. The fraction of sp³-hybridized carbons (Fsp3) is 0.250. The zero-order valence-corrected chi connectivity index (χ0v) is 17.0. The monoisotopic (exact) mass is 436 g/mol. The fourth-order valence-corrected chi connectivity index (χ4v) is 3.80. The lowest BCUT2D eigenvalue weighted by molar-refractivity contribution is -0.143. The highest BCUT2D eigenvalue weighted by Gasteiger charge is 2.17. The Kier molecular flexibility index (Phi) is 6.78. The van der Waals surface area contributed by atoms with Gasteiger partial charge in [0.2, 0.25) is 0 Å². The Morgan fingerprint density at radius 2 is 1.90 bits per heavy atom. The SMILES string of the molecule is CCOC(=O)Cn1c(=NC(=O)COc2ccccc2OC)sc2cc(F)cc(F)c21. The summed E-state index contributed by atoms with van der Waals surface area (Å²) in [6.07, 6.45) is 0. The predicted octanol–water partition coefficient (Wildman–Crippen LogP) is 3.06. The topological polar surface area (TPSA) is 79.1 Å². The van der Waals surface area contributed by atoms with Gasteiger partial charge >= 0.3 is 5.97 Å². The van der Waals surface area contributed by atoms with E-state index in [0.717, 1.165) is 17.4 Å². The van der Waals surface area contributed by atoms with Gasteiger partial charge in [0.15, 0.2) is 28.7 Å². The highest BCUT2D eigenvalue weighted by molar-refractivity contribution is 7.16. The summed E-state index contributed by atoms with van der Waals surface area (Å²) in [6, 6.07) is 8.59. The molecule has 0 fully saturated rings. The van der Waals surface area contributed by atoms with Gasteiger partial charge < -0.3 is 18.8 Å². The second-order valence-corrected chi connectivity index (χ2v) is 6.96. The summed E-state index contributed by atoms with van der Waals surface area (Å²) in [7, 11) is 1.47. The Labute approximate surface area is 174 Å². The lowest BCUT2D eigenvalue weighted by Crippen LogP contribution is -2.24. The van der Waals surface area contributed by atoms with Crippen molar-refractivity contribution in [2.24, 2.45) is 4.99 Å². The van der Waals surface area contributed by atoms with Gasteiger partial charge in [0.1, 0.15) is 12.4 Å². The van der Waals surface area contributed by atoms with Crippen molar-refractivity contribution in [1.29, 1.82) is 0 Å². The van der Waals surface area contributed by atoms with Crippen molar-refractivity contribution >= 4 is 33.4 Å². The van der Waals surface area contributed by atoms with E-state index in [1.165, 1.54) is 11.7 Å². The number of para-hydroxylation sites is 2. The Balaban J connectivity index is 1.94. The van der Waals surface area contributed by atoms with Crippen LogP contribution < -0.4 is 14.3 Å². The van der Waals surface area contributed by atoms with Crippen LogP contribution in [-0.2, 0) is 20.9 Å². The molecule has 0 saturated carbocycles. The number of benzene rings is 2. The van der Waals surface area contributed by atoms with Crippen LogP contribution in [0.5, 0.6) is 11.5 Å². The van der Waals surface area contributed by atoms with E-state index in [4.69, 9.17) is 14.2 Å². The summed E-state index contributed by atoms with van der Waals surface area (Å²) >= 11 is 0.877. The van der Waals surface area contributed by atoms with Gasteiger partial charge in [-0.15, -0.1) is 0 Å². The van der Waals surface area contributed by atoms with Crippen LogP contribution in [0.3, 0.4) is 0 Å². The molecule has 3 rings (SSSR count). The normalized spacial score (nSPS) is 11.5. The zero-order valence-electron chi connectivity index (χ0n) is 16.2. The van der Waals surface area contributed by atoms with Crippen LogP contribution in [0.1, 0.15) is 6.92 Å². The molecule has 30 heavy (non-hydrogen) atoms. The van der Waals surface area contributed by atoms with Gasteiger partial charge in [-0.2, -0.15) is 4.99 Å². The van der Waals surface area contributed by atoms with Crippen LogP contribution in [0.25, 0.3) is 10.2 Å². The summed E-state index contributed by atoms with van der Waals surface area (Å²) in [5, 5.41) is 0. The standard InChI is InChI=1S/C20H18F2N2O5S/c1-3-28-18(26)10-24-19-13(22)8-12(21)9-16(19)30-20(24)23-17(25)11-29-15-7-5-4-6-14(15)27-2/h4-9H,3,10-11H2,1-2H3. The summed E-state index contributed by atoms with van der Waals surface area (Å²) < 4.78 is 44.9. The van der Waals surface area contributed by atoms with Gasteiger partial charge in [0, 0.05) is 6.07 Å². The molecule has 1 aromatic heterocycles. The average Bonchev–Trinajstić information content (AvgIpc) is 3.03. The first-order valence-electron chi connectivity index (χ1n) is 8.90. The number of aromatic nitrogens is 1. The third-order valence-corrected chi connectivity index (χ3v) is 4.95. The summed E-state index contributed by atoms with van der Waals surface area (Å²) in [5.74, 6) is -2.16. The summed E-state index contributed by atoms with van der Waals surface area (Å²) in [6.45, 7) is 0.978. The van der Waals surface area contributed by atoms with Crippen LogP contribution in [0.2, 0.25) is 0 Å². The number of thiazole rings is 1. The molecule has 1 heterocycles. The van der Waals surface area contributed by atoms with Crippen molar-refractivity contribution in [3.63, 3.8) is 0 Å². The van der Waals surface area contributed by atoms with Crippen molar-refractivity contribution in [2.45, 2.75) is 13.5 Å². The van der Waals surface area contributed by atoms with Gasteiger partial charge in [-0.25, -0.2) is 8.78 Å². The lowest BCUT2D eigenvalue weighted by Gasteiger charge is -2.08. The van der Waals surface area contributed by atoms with Crippen LogP contribution in [-0.4, -0.2) is 36.8 Å². The molecule has 0 spiro atoms. The maximum atomic E-state index is 14.4. The van der Waals surface area contributed by atoms with Crippen molar-refractivity contribution in [3.05, 3.63) is 52.8 Å². The van der Waals surface area contributed by atoms with Crippen LogP contribution in [0.4, 0.5) is 8.78 Å². The number of fused-ring (bicyclic) bond motifs is 1. The molecule has 0 aliphatic heterocycles. The van der Waals surface area contributed by atoms with E-state index in [2.05, 4.69) is 4.99 Å². The van der Waals surface area contributed by atoms with Gasteiger partial charge in [0.25, 0.3) is 5.91 Å². The first-order chi connectivity index (χ1) is 14.4. The third-order valence-electron chi connectivity index (χ3n) is 3.93.